The largest absolute Gasteiger partial charge is 0.472 e. The number of carbonyl (C=O) groups is 1. The van der Waals surface area contributed by atoms with Gasteiger partial charge in [0.15, 0.2) is 0 Å². The summed E-state index contributed by atoms with van der Waals surface area (Å²) in [6.45, 7) is 1.16. The van der Waals surface area contributed by atoms with Crippen molar-refractivity contribution in [3.8, 4) is 5.88 Å². The molecular formula is C16H15N3O5. The van der Waals surface area contributed by atoms with Crippen LogP contribution in [0.3, 0.4) is 0 Å². The van der Waals surface area contributed by atoms with Crippen LogP contribution in [0, 0.1) is 10.1 Å². The average Bonchev–Trinajstić information content (AvgIpc) is 3.08. The number of rotatable bonds is 5. The minimum Gasteiger partial charge on any atom is -0.472 e. The molecule has 1 N–H and O–H groups in total. The first-order valence-electron chi connectivity index (χ1n) is 7.38. The molecule has 8 nitrogen and oxygen atoms in total. The summed E-state index contributed by atoms with van der Waals surface area (Å²) < 4.78 is 10.9. The second kappa shape index (κ2) is 7.05. The van der Waals surface area contributed by atoms with Crippen LogP contribution in [0.2, 0.25) is 0 Å². The Morgan fingerprint density at radius 1 is 1.38 bits per heavy atom. The van der Waals surface area contributed by atoms with Crippen LogP contribution in [0.25, 0.3) is 0 Å². The lowest BCUT2D eigenvalue weighted by atomic mass is 10.2. The number of nitro groups is 1. The molecule has 0 radical (unpaired) electrons. The lowest BCUT2D eigenvalue weighted by Gasteiger charge is -2.11. The van der Waals surface area contributed by atoms with Crippen LogP contribution in [0.5, 0.6) is 5.88 Å². The molecule has 24 heavy (non-hydrogen) atoms. The van der Waals surface area contributed by atoms with E-state index in [0.29, 0.717) is 30.3 Å². The van der Waals surface area contributed by atoms with Crippen molar-refractivity contribution in [1.29, 1.82) is 0 Å². The number of hydrogen-bond acceptors (Lipinski definition) is 6. The van der Waals surface area contributed by atoms with Crippen LogP contribution in [0.15, 0.2) is 42.6 Å². The number of non-ortho nitro benzene ring substituents is 1. The van der Waals surface area contributed by atoms with Gasteiger partial charge in [-0.2, -0.15) is 0 Å². The number of aromatic nitrogens is 1. The molecule has 1 aliphatic heterocycles. The molecule has 124 valence electrons. The molecule has 1 saturated heterocycles. The number of ether oxygens (including phenoxy) is 2. The van der Waals surface area contributed by atoms with E-state index in [4.69, 9.17) is 9.47 Å². The minimum atomic E-state index is -0.516. The van der Waals surface area contributed by atoms with Gasteiger partial charge < -0.3 is 14.8 Å². The topological polar surface area (TPSA) is 104 Å². The molecule has 1 amide bonds. The third-order valence-corrected chi connectivity index (χ3v) is 3.49. The highest BCUT2D eigenvalue weighted by molar-refractivity contribution is 6.04. The van der Waals surface area contributed by atoms with E-state index in [2.05, 4.69) is 10.3 Å². The molecule has 0 spiro atoms. The Morgan fingerprint density at radius 2 is 2.25 bits per heavy atom. The highest BCUT2D eigenvalue weighted by atomic mass is 16.6. The van der Waals surface area contributed by atoms with Crippen molar-refractivity contribution in [2.45, 2.75) is 12.5 Å². The Labute approximate surface area is 137 Å². The fourth-order valence-corrected chi connectivity index (χ4v) is 2.29. The Hall–Kier alpha value is -3.00. The molecule has 0 aliphatic carbocycles. The Bertz CT molecular complexity index is 759. The predicted octanol–water partition coefficient (Wildman–Crippen LogP) is 2.41. The molecule has 2 heterocycles. The Morgan fingerprint density at radius 3 is 3.00 bits per heavy atom. The molecule has 1 unspecified atom stereocenters. The molecule has 1 atom stereocenters. The summed E-state index contributed by atoms with van der Waals surface area (Å²) >= 11 is 0. The molecule has 1 aliphatic rings. The zero-order valence-corrected chi connectivity index (χ0v) is 12.7. The lowest BCUT2D eigenvalue weighted by Crippen LogP contribution is -2.17. The molecule has 0 bridgehead atoms. The minimum absolute atomic E-state index is 0.0624. The summed E-state index contributed by atoms with van der Waals surface area (Å²) in [6, 6.07) is 8.83. The number of nitro benzene ring substituents is 1. The van der Waals surface area contributed by atoms with Crippen molar-refractivity contribution in [3.63, 3.8) is 0 Å². The zero-order valence-electron chi connectivity index (χ0n) is 12.7. The molecule has 2 aromatic rings. The molecular weight excluding hydrogens is 314 g/mol. The van der Waals surface area contributed by atoms with E-state index in [1.807, 2.05) is 0 Å². The van der Waals surface area contributed by atoms with Crippen LogP contribution >= 0.6 is 0 Å². The number of nitrogens with one attached hydrogen (secondary N) is 1. The Balaban J connectivity index is 1.70. The van der Waals surface area contributed by atoms with Gasteiger partial charge in [-0.15, -0.1) is 0 Å². The van der Waals surface area contributed by atoms with Gasteiger partial charge in [0.1, 0.15) is 6.10 Å². The second-order valence-electron chi connectivity index (χ2n) is 5.25. The van der Waals surface area contributed by atoms with Gasteiger partial charge in [-0.25, -0.2) is 4.98 Å². The van der Waals surface area contributed by atoms with Crippen molar-refractivity contribution in [2.24, 2.45) is 0 Å². The first-order chi connectivity index (χ1) is 11.6. The quantitative estimate of drug-likeness (QED) is 0.667. The molecule has 1 aromatic heterocycles. The van der Waals surface area contributed by atoms with E-state index in [0.717, 1.165) is 6.42 Å². The molecule has 8 heteroatoms. The molecule has 1 aromatic carbocycles. The third-order valence-electron chi connectivity index (χ3n) is 3.49. The van der Waals surface area contributed by atoms with Gasteiger partial charge in [-0.05, 0) is 12.1 Å². The summed E-state index contributed by atoms with van der Waals surface area (Å²) in [5.41, 5.74) is 0.607. The first-order valence-corrected chi connectivity index (χ1v) is 7.38. The van der Waals surface area contributed by atoms with Crippen molar-refractivity contribution in [2.75, 3.05) is 18.5 Å². The van der Waals surface area contributed by atoms with E-state index in [1.165, 1.54) is 30.5 Å². The maximum atomic E-state index is 12.3. The van der Waals surface area contributed by atoms with Crippen LogP contribution in [-0.4, -0.2) is 35.1 Å². The van der Waals surface area contributed by atoms with Crippen molar-refractivity contribution >= 4 is 17.3 Å². The van der Waals surface area contributed by atoms with Gasteiger partial charge in [-0.3, -0.25) is 14.9 Å². The van der Waals surface area contributed by atoms with E-state index in [-0.39, 0.29) is 11.8 Å². The van der Waals surface area contributed by atoms with Crippen LogP contribution in [0.4, 0.5) is 11.4 Å². The predicted molar refractivity (Wildman–Crippen MR) is 85.1 cm³/mol. The van der Waals surface area contributed by atoms with Gasteiger partial charge in [0, 0.05) is 42.1 Å². The Kier molecular flexibility index (Phi) is 4.66. The number of nitrogens with zero attached hydrogens (tertiary/aromatic N) is 2. The molecule has 3 rings (SSSR count). The summed E-state index contributed by atoms with van der Waals surface area (Å²) in [7, 11) is 0. The number of anilines is 1. The first kappa shape index (κ1) is 15.9. The normalized spacial score (nSPS) is 16.6. The third kappa shape index (κ3) is 3.85. The number of pyridine rings is 1. The van der Waals surface area contributed by atoms with E-state index in [1.54, 1.807) is 12.1 Å². The van der Waals surface area contributed by atoms with Crippen molar-refractivity contribution in [1.82, 2.24) is 4.98 Å². The lowest BCUT2D eigenvalue weighted by molar-refractivity contribution is -0.384. The zero-order chi connectivity index (χ0) is 16.9. The summed E-state index contributed by atoms with van der Waals surface area (Å²) in [6.07, 6.45) is 2.20. The van der Waals surface area contributed by atoms with E-state index in [9.17, 15) is 14.9 Å². The standard InChI is InChI=1S/C16H15N3O5/c20-16(18-12-2-1-3-13(9-12)19(21)22)11-4-6-17-15(8-11)24-14-5-7-23-10-14/h1-4,6,8-9,14H,5,7,10H2,(H,18,20). The SMILES string of the molecule is O=C(Nc1cccc([N+](=O)[O-])c1)c1ccnc(OC2CCOC2)c1. The van der Waals surface area contributed by atoms with Crippen LogP contribution < -0.4 is 10.1 Å². The highest BCUT2D eigenvalue weighted by Crippen LogP contribution is 2.19. The maximum absolute atomic E-state index is 12.3. The van der Waals surface area contributed by atoms with Gasteiger partial charge in [0.05, 0.1) is 18.1 Å². The van der Waals surface area contributed by atoms with Crippen LogP contribution in [-0.2, 0) is 4.74 Å². The van der Waals surface area contributed by atoms with Crippen molar-refractivity contribution in [3.05, 3.63) is 58.3 Å². The fourth-order valence-electron chi connectivity index (χ4n) is 2.29. The summed E-state index contributed by atoms with van der Waals surface area (Å²) in [4.78, 5) is 26.6. The smallest absolute Gasteiger partial charge is 0.271 e. The van der Waals surface area contributed by atoms with E-state index < -0.39 is 10.8 Å². The average molecular weight is 329 g/mol. The van der Waals surface area contributed by atoms with Gasteiger partial charge >= 0.3 is 0 Å². The number of hydrogen-bond donors (Lipinski definition) is 1. The molecule has 1 fully saturated rings. The molecule has 0 saturated carbocycles. The van der Waals surface area contributed by atoms with E-state index >= 15 is 0 Å². The van der Waals surface area contributed by atoms with Crippen LogP contribution in [0.1, 0.15) is 16.8 Å². The van der Waals surface area contributed by atoms with Gasteiger partial charge in [0.25, 0.3) is 11.6 Å². The number of benzene rings is 1. The monoisotopic (exact) mass is 329 g/mol. The number of carbonyl (C=O) groups excluding carboxylic acids is 1. The van der Waals surface area contributed by atoms with Crippen molar-refractivity contribution < 1.29 is 19.2 Å². The number of amides is 1. The second-order valence-corrected chi connectivity index (χ2v) is 5.25. The summed E-state index contributed by atoms with van der Waals surface area (Å²) in [5, 5.41) is 13.4. The highest BCUT2D eigenvalue weighted by Gasteiger charge is 2.18. The summed E-state index contributed by atoms with van der Waals surface area (Å²) in [5.74, 6) is -0.0531. The fraction of sp³-hybridized carbons (Fsp3) is 0.250. The van der Waals surface area contributed by atoms with Gasteiger partial charge in [-0.1, -0.05) is 6.07 Å². The van der Waals surface area contributed by atoms with Gasteiger partial charge in [0.2, 0.25) is 5.88 Å². The maximum Gasteiger partial charge on any atom is 0.271 e.